The van der Waals surface area contributed by atoms with E-state index in [9.17, 15) is 8.42 Å². The van der Waals surface area contributed by atoms with Crippen LogP contribution in [0.15, 0.2) is 29.2 Å². The summed E-state index contributed by atoms with van der Waals surface area (Å²) in [5.41, 5.74) is 0.792. The third-order valence-electron chi connectivity index (χ3n) is 3.72. The van der Waals surface area contributed by atoms with Crippen LogP contribution in [0, 0.1) is 6.92 Å². The zero-order valence-electron chi connectivity index (χ0n) is 11.2. The van der Waals surface area contributed by atoms with E-state index >= 15 is 0 Å². The minimum Gasteiger partial charge on any atom is -0.207 e. The van der Waals surface area contributed by atoms with Crippen molar-refractivity contribution >= 4 is 21.6 Å². The minimum absolute atomic E-state index is 0.114. The van der Waals surface area contributed by atoms with Gasteiger partial charge >= 0.3 is 0 Å². The summed E-state index contributed by atoms with van der Waals surface area (Å²) >= 11 is 5.80. The quantitative estimate of drug-likeness (QED) is 0.783. The van der Waals surface area contributed by atoms with Crippen LogP contribution in [0.3, 0.4) is 0 Å². The predicted molar refractivity (Wildman–Crippen MR) is 78.0 cm³/mol. The SMILES string of the molecule is Cc1ccccc1S(=O)(=O)N(CCCl)C1CCCC1. The van der Waals surface area contributed by atoms with Crippen molar-refractivity contribution in [3.63, 3.8) is 0 Å². The van der Waals surface area contributed by atoms with E-state index in [2.05, 4.69) is 0 Å². The highest BCUT2D eigenvalue weighted by Gasteiger charge is 2.33. The summed E-state index contributed by atoms with van der Waals surface area (Å²) < 4.78 is 27.2. The zero-order chi connectivity index (χ0) is 13.9. The maximum Gasteiger partial charge on any atom is 0.243 e. The van der Waals surface area contributed by atoms with Crippen LogP contribution >= 0.6 is 11.6 Å². The van der Waals surface area contributed by atoms with Gasteiger partial charge in [-0.25, -0.2) is 8.42 Å². The molecule has 19 heavy (non-hydrogen) atoms. The summed E-state index contributed by atoms with van der Waals surface area (Å²) in [5.74, 6) is 0.335. The Morgan fingerprint density at radius 2 is 1.89 bits per heavy atom. The van der Waals surface area contributed by atoms with Crippen molar-refractivity contribution in [2.45, 2.75) is 43.5 Å². The Morgan fingerprint density at radius 3 is 2.47 bits per heavy atom. The van der Waals surface area contributed by atoms with E-state index in [1.54, 1.807) is 16.4 Å². The summed E-state index contributed by atoms with van der Waals surface area (Å²) in [5, 5.41) is 0. The monoisotopic (exact) mass is 301 g/mol. The first-order valence-electron chi connectivity index (χ1n) is 6.71. The molecule has 0 atom stereocenters. The number of halogens is 1. The summed E-state index contributed by atoms with van der Waals surface area (Å²) in [4.78, 5) is 0.409. The number of benzene rings is 1. The lowest BCUT2D eigenvalue weighted by Gasteiger charge is -2.28. The van der Waals surface area contributed by atoms with Crippen LogP contribution in [-0.2, 0) is 10.0 Å². The third kappa shape index (κ3) is 3.12. The van der Waals surface area contributed by atoms with E-state index in [-0.39, 0.29) is 6.04 Å². The minimum atomic E-state index is -3.43. The highest BCUT2D eigenvalue weighted by Crippen LogP contribution is 2.29. The number of sulfonamides is 1. The number of hydrogen-bond donors (Lipinski definition) is 0. The topological polar surface area (TPSA) is 37.4 Å². The molecule has 0 heterocycles. The van der Waals surface area contributed by atoms with E-state index < -0.39 is 10.0 Å². The molecule has 2 rings (SSSR count). The fourth-order valence-corrected chi connectivity index (χ4v) is 4.94. The van der Waals surface area contributed by atoms with Crippen LogP contribution in [0.2, 0.25) is 0 Å². The molecule has 0 bridgehead atoms. The molecule has 1 aliphatic rings. The lowest BCUT2D eigenvalue weighted by atomic mass is 10.2. The smallest absolute Gasteiger partial charge is 0.207 e. The lowest BCUT2D eigenvalue weighted by Crippen LogP contribution is -2.40. The summed E-state index contributed by atoms with van der Waals surface area (Å²) in [7, 11) is -3.43. The first-order chi connectivity index (χ1) is 9.07. The Hall–Kier alpha value is -0.580. The summed E-state index contributed by atoms with van der Waals surface area (Å²) in [6, 6.07) is 7.26. The van der Waals surface area contributed by atoms with E-state index in [1.165, 1.54) is 0 Å². The maximum absolute atomic E-state index is 12.8. The maximum atomic E-state index is 12.8. The van der Waals surface area contributed by atoms with Crippen molar-refractivity contribution < 1.29 is 8.42 Å². The van der Waals surface area contributed by atoms with Gasteiger partial charge in [-0.2, -0.15) is 4.31 Å². The van der Waals surface area contributed by atoms with Gasteiger partial charge in [0, 0.05) is 18.5 Å². The van der Waals surface area contributed by atoms with E-state index in [4.69, 9.17) is 11.6 Å². The molecule has 1 aliphatic carbocycles. The largest absolute Gasteiger partial charge is 0.243 e. The normalized spacial score (nSPS) is 17.2. The van der Waals surface area contributed by atoms with Crippen LogP contribution in [0.5, 0.6) is 0 Å². The van der Waals surface area contributed by atoms with E-state index in [1.807, 2.05) is 19.1 Å². The number of rotatable bonds is 5. The number of alkyl halides is 1. The number of nitrogens with zero attached hydrogens (tertiary/aromatic N) is 1. The average Bonchev–Trinajstić information content (AvgIpc) is 2.89. The van der Waals surface area contributed by atoms with Crippen LogP contribution in [-0.4, -0.2) is 31.2 Å². The molecule has 0 spiro atoms. The fourth-order valence-electron chi connectivity index (χ4n) is 2.75. The molecule has 0 saturated heterocycles. The molecule has 0 N–H and O–H groups in total. The molecule has 0 aliphatic heterocycles. The molecule has 3 nitrogen and oxygen atoms in total. The predicted octanol–water partition coefficient (Wildman–Crippen LogP) is 3.17. The second kappa shape index (κ2) is 6.25. The van der Waals surface area contributed by atoms with Gasteiger partial charge in [-0.1, -0.05) is 31.0 Å². The average molecular weight is 302 g/mol. The molecule has 0 aromatic heterocycles. The first kappa shape index (κ1) is 14.8. The van der Waals surface area contributed by atoms with Gasteiger partial charge in [-0.15, -0.1) is 11.6 Å². The van der Waals surface area contributed by atoms with Crippen LogP contribution in [0.1, 0.15) is 31.2 Å². The molecule has 0 unspecified atom stereocenters. The number of aryl methyl sites for hydroxylation is 1. The highest BCUT2D eigenvalue weighted by atomic mass is 35.5. The third-order valence-corrected chi connectivity index (χ3v) is 6.00. The summed E-state index contributed by atoms with van der Waals surface area (Å²) in [6.45, 7) is 2.23. The van der Waals surface area contributed by atoms with Gasteiger partial charge in [0.25, 0.3) is 0 Å². The number of hydrogen-bond acceptors (Lipinski definition) is 2. The standard InChI is InChI=1S/C14H20ClNO2S/c1-12-6-2-5-9-14(12)19(17,18)16(11-10-15)13-7-3-4-8-13/h2,5-6,9,13H,3-4,7-8,10-11H2,1H3. The molecule has 0 radical (unpaired) electrons. The Balaban J connectivity index is 2.36. The van der Waals surface area contributed by atoms with Crippen molar-refractivity contribution in [2.24, 2.45) is 0 Å². The second-order valence-corrected chi connectivity index (χ2v) is 7.25. The molecule has 0 amide bonds. The molecular formula is C14H20ClNO2S. The molecule has 1 aromatic rings. The zero-order valence-corrected chi connectivity index (χ0v) is 12.8. The Labute approximate surface area is 120 Å². The van der Waals surface area contributed by atoms with Crippen molar-refractivity contribution in [3.8, 4) is 0 Å². The second-order valence-electron chi connectivity index (χ2n) is 5.01. The molecule has 1 fully saturated rings. The Bertz CT molecular complexity index is 524. The summed E-state index contributed by atoms with van der Waals surface area (Å²) in [6.07, 6.45) is 4.10. The van der Waals surface area contributed by atoms with Crippen molar-refractivity contribution in [3.05, 3.63) is 29.8 Å². The van der Waals surface area contributed by atoms with Gasteiger partial charge in [0.2, 0.25) is 10.0 Å². The Kier molecular flexibility index (Phi) is 4.87. The molecule has 5 heteroatoms. The lowest BCUT2D eigenvalue weighted by molar-refractivity contribution is 0.336. The van der Waals surface area contributed by atoms with E-state index in [0.29, 0.717) is 17.3 Å². The van der Waals surface area contributed by atoms with Crippen molar-refractivity contribution in [2.75, 3.05) is 12.4 Å². The molecule has 106 valence electrons. The van der Waals surface area contributed by atoms with Crippen LogP contribution in [0.25, 0.3) is 0 Å². The van der Waals surface area contributed by atoms with Gasteiger partial charge < -0.3 is 0 Å². The van der Waals surface area contributed by atoms with Gasteiger partial charge in [-0.3, -0.25) is 0 Å². The Morgan fingerprint density at radius 1 is 1.26 bits per heavy atom. The van der Waals surface area contributed by atoms with Crippen LogP contribution < -0.4 is 0 Å². The molecule has 1 saturated carbocycles. The van der Waals surface area contributed by atoms with Crippen molar-refractivity contribution in [1.29, 1.82) is 0 Å². The van der Waals surface area contributed by atoms with Crippen molar-refractivity contribution in [1.82, 2.24) is 4.31 Å². The van der Waals surface area contributed by atoms with Gasteiger partial charge in [-0.05, 0) is 31.4 Å². The molecule has 1 aromatic carbocycles. The first-order valence-corrected chi connectivity index (χ1v) is 8.68. The fraction of sp³-hybridized carbons (Fsp3) is 0.571. The van der Waals surface area contributed by atoms with Crippen LogP contribution in [0.4, 0.5) is 0 Å². The van der Waals surface area contributed by atoms with Gasteiger partial charge in [0.1, 0.15) is 0 Å². The van der Waals surface area contributed by atoms with Gasteiger partial charge in [0.05, 0.1) is 4.90 Å². The molecular weight excluding hydrogens is 282 g/mol. The van der Waals surface area contributed by atoms with E-state index in [0.717, 1.165) is 31.2 Å². The van der Waals surface area contributed by atoms with Gasteiger partial charge in [0.15, 0.2) is 0 Å². The highest BCUT2D eigenvalue weighted by molar-refractivity contribution is 7.89.